The summed E-state index contributed by atoms with van der Waals surface area (Å²) in [7, 11) is 2.22. The van der Waals surface area contributed by atoms with Crippen LogP contribution in [-0.2, 0) is 12.8 Å². The third kappa shape index (κ3) is 5.34. The van der Waals surface area contributed by atoms with Crippen molar-refractivity contribution in [1.82, 2.24) is 4.90 Å². The lowest BCUT2D eigenvalue weighted by Gasteiger charge is -2.30. The minimum Gasteiger partial charge on any atom is -0.370 e. The van der Waals surface area contributed by atoms with Crippen molar-refractivity contribution in [3.05, 3.63) is 29.3 Å². The molecule has 134 valence electrons. The van der Waals surface area contributed by atoms with Crippen LogP contribution >= 0.6 is 24.0 Å². The Morgan fingerprint density at radius 1 is 1.17 bits per heavy atom. The van der Waals surface area contributed by atoms with Gasteiger partial charge in [-0.3, -0.25) is 4.99 Å². The molecule has 0 aliphatic heterocycles. The normalized spacial score (nSPS) is 18.3. The van der Waals surface area contributed by atoms with Crippen molar-refractivity contribution >= 4 is 35.6 Å². The Morgan fingerprint density at radius 3 is 2.71 bits per heavy atom. The molecular formula is C19H31IN4. The first-order valence-corrected chi connectivity index (χ1v) is 9.11. The fourth-order valence-corrected chi connectivity index (χ4v) is 3.87. The number of hydrogen-bond acceptors (Lipinski definition) is 2. The topological polar surface area (TPSA) is 53.6 Å². The summed E-state index contributed by atoms with van der Waals surface area (Å²) in [6, 6.07) is 7.29. The second kappa shape index (κ2) is 9.61. The number of nitrogens with one attached hydrogen (secondary N) is 1. The predicted molar refractivity (Wildman–Crippen MR) is 113 cm³/mol. The van der Waals surface area contributed by atoms with E-state index in [2.05, 4.69) is 40.5 Å². The molecule has 24 heavy (non-hydrogen) atoms. The molecule has 2 aliphatic carbocycles. The number of benzene rings is 1. The number of likely N-dealkylation sites (N-methyl/N-ethyl adjacent to an activating group) is 1. The number of nitrogens with two attached hydrogens (primary N) is 1. The molecule has 0 radical (unpaired) electrons. The number of anilines is 1. The molecule has 4 nitrogen and oxygen atoms in total. The molecule has 1 aromatic rings. The second-order valence-corrected chi connectivity index (χ2v) is 7.00. The number of hydrogen-bond donors (Lipinski definition) is 2. The van der Waals surface area contributed by atoms with Gasteiger partial charge in [-0.2, -0.15) is 0 Å². The van der Waals surface area contributed by atoms with Gasteiger partial charge in [0.05, 0.1) is 6.54 Å². The molecular weight excluding hydrogens is 411 g/mol. The van der Waals surface area contributed by atoms with Crippen molar-refractivity contribution < 1.29 is 0 Å². The van der Waals surface area contributed by atoms with Gasteiger partial charge in [0.1, 0.15) is 0 Å². The standard InChI is InChI=1S/C19H30N4.HI/c1-23(18-8-3-2-4-9-18)13-12-21-19(20)22-17-11-10-15-6-5-7-16(15)14-17;/h10-11,14,18H,2-9,12-13H2,1H3,(H3,20,21,22);1H. The van der Waals surface area contributed by atoms with E-state index in [4.69, 9.17) is 5.73 Å². The monoisotopic (exact) mass is 442 g/mol. The molecule has 1 fully saturated rings. The molecule has 0 heterocycles. The van der Waals surface area contributed by atoms with Crippen molar-refractivity contribution in [3.8, 4) is 0 Å². The van der Waals surface area contributed by atoms with E-state index in [1.165, 1.54) is 62.5 Å². The minimum absolute atomic E-state index is 0. The van der Waals surface area contributed by atoms with Gasteiger partial charge in [-0.15, -0.1) is 24.0 Å². The lowest BCUT2D eigenvalue weighted by atomic mass is 9.94. The summed E-state index contributed by atoms with van der Waals surface area (Å²) >= 11 is 0. The molecule has 0 atom stereocenters. The van der Waals surface area contributed by atoms with E-state index in [0.717, 1.165) is 24.8 Å². The maximum absolute atomic E-state index is 6.04. The summed E-state index contributed by atoms with van der Waals surface area (Å²) in [5.41, 5.74) is 10.0. The van der Waals surface area contributed by atoms with Crippen LogP contribution in [0.25, 0.3) is 0 Å². The Morgan fingerprint density at radius 2 is 1.92 bits per heavy atom. The van der Waals surface area contributed by atoms with Crippen molar-refractivity contribution in [2.45, 2.75) is 57.4 Å². The van der Waals surface area contributed by atoms with Gasteiger partial charge in [-0.1, -0.05) is 25.3 Å². The lowest BCUT2D eigenvalue weighted by molar-refractivity contribution is 0.196. The van der Waals surface area contributed by atoms with E-state index in [1.54, 1.807) is 0 Å². The van der Waals surface area contributed by atoms with Gasteiger partial charge in [0.25, 0.3) is 0 Å². The molecule has 0 aromatic heterocycles. The zero-order valence-corrected chi connectivity index (χ0v) is 17.1. The second-order valence-electron chi connectivity index (χ2n) is 7.00. The summed E-state index contributed by atoms with van der Waals surface area (Å²) in [5, 5.41) is 3.23. The largest absolute Gasteiger partial charge is 0.370 e. The van der Waals surface area contributed by atoms with E-state index < -0.39 is 0 Å². The molecule has 2 aliphatic rings. The molecule has 3 N–H and O–H groups in total. The van der Waals surface area contributed by atoms with Gasteiger partial charge in [0.2, 0.25) is 0 Å². The summed E-state index contributed by atoms with van der Waals surface area (Å²) < 4.78 is 0. The highest BCUT2D eigenvalue weighted by atomic mass is 127. The smallest absolute Gasteiger partial charge is 0.193 e. The SMILES string of the molecule is CN(CCN=C(N)Nc1ccc2c(c1)CCC2)C1CCCCC1.I. The number of fused-ring (bicyclic) bond motifs is 1. The van der Waals surface area contributed by atoms with Crippen molar-refractivity contribution in [3.63, 3.8) is 0 Å². The molecule has 1 aromatic carbocycles. The quantitative estimate of drug-likeness (QED) is 0.415. The van der Waals surface area contributed by atoms with Gasteiger partial charge in [0, 0.05) is 18.3 Å². The van der Waals surface area contributed by atoms with Crippen LogP contribution in [0.1, 0.15) is 49.7 Å². The molecule has 0 amide bonds. The number of nitrogens with zero attached hydrogens (tertiary/aromatic N) is 2. The zero-order chi connectivity index (χ0) is 16.1. The average molecular weight is 442 g/mol. The number of aliphatic imine (C=N–C) groups is 1. The van der Waals surface area contributed by atoms with Gasteiger partial charge >= 0.3 is 0 Å². The van der Waals surface area contributed by atoms with Crippen LogP contribution in [0.3, 0.4) is 0 Å². The highest BCUT2D eigenvalue weighted by Crippen LogP contribution is 2.24. The Balaban J connectivity index is 0.00000208. The molecule has 0 spiro atoms. The zero-order valence-electron chi connectivity index (χ0n) is 14.8. The van der Waals surface area contributed by atoms with E-state index in [1.807, 2.05) is 0 Å². The minimum atomic E-state index is 0. The van der Waals surface area contributed by atoms with Gasteiger partial charge < -0.3 is 16.0 Å². The highest BCUT2D eigenvalue weighted by molar-refractivity contribution is 14.0. The highest BCUT2D eigenvalue weighted by Gasteiger charge is 2.17. The van der Waals surface area contributed by atoms with Crippen LogP contribution in [0.15, 0.2) is 23.2 Å². The number of guanidine groups is 1. The molecule has 0 unspecified atom stereocenters. The van der Waals surface area contributed by atoms with E-state index in [9.17, 15) is 0 Å². The van der Waals surface area contributed by atoms with Gasteiger partial charge in [-0.05, 0) is 62.4 Å². The Bertz CT molecular complexity index is 552. The van der Waals surface area contributed by atoms with Crippen LogP contribution in [0.5, 0.6) is 0 Å². The molecule has 1 saturated carbocycles. The van der Waals surface area contributed by atoms with Crippen LogP contribution in [0.4, 0.5) is 5.69 Å². The van der Waals surface area contributed by atoms with Gasteiger partial charge in [-0.25, -0.2) is 0 Å². The van der Waals surface area contributed by atoms with E-state index in [0.29, 0.717) is 5.96 Å². The fraction of sp³-hybridized carbons (Fsp3) is 0.632. The lowest BCUT2D eigenvalue weighted by Crippen LogP contribution is -2.35. The summed E-state index contributed by atoms with van der Waals surface area (Å²) in [5.74, 6) is 0.528. The number of halogens is 1. The summed E-state index contributed by atoms with van der Waals surface area (Å²) in [6.45, 7) is 1.74. The van der Waals surface area contributed by atoms with Crippen molar-refractivity contribution in [1.29, 1.82) is 0 Å². The summed E-state index contributed by atoms with van der Waals surface area (Å²) in [6.07, 6.45) is 10.5. The van der Waals surface area contributed by atoms with Crippen LogP contribution in [0.2, 0.25) is 0 Å². The van der Waals surface area contributed by atoms with Crippen molar-refractivity contribution in [2.75, 3.05) is 25.5 Å². The maximum Gasteiger partial charge on any atom is 0.193 e. The Kier molecular flexibility index (Phi) is 7.81. The first-order valence-electron chi connectivity index (χ1n) is 9.11. The number of aryl methyl sites for hydroxylation is 2. The molecule has 3 rings (SSSR count). The van der Waals surface area contributed by atoms with Crippen LogP contribution < -0.4 is 11.1 Å². The predicted octanol–water partition coefficient (Wildman–Crippen LogP) is 3.78. The third-order valence-electron chi connectivity index (χ3n) is 5.30. The Labute approximate surface area is 163 Å². The Hall–Kier alpha value is -0.820. The van der Waals surface area contributed by atoms with E-state index in [-0.39, 0.29) is 24.0 Å². The molecule has 5 heteroatoms. The summed E-state index contributed by atoms with van der Waals surface area (Å²) in [4.78, 5) is 6.94. The first-order chi connectivity index (χ1) is 11.2. The van der Waals surface area contributed by atoms with Gasteiger partial charge in [0.15, 0.2) is 5.96 Å². The average Bonchev–Trinajstić information content (AvgIpc) is 3.03. The maximum atomic E-state index is 6.04. The molecule has 0 saturated heterocycles. The fourth-order valence-electron chi connectivity index (χ4n) is 3.87. The van der Waals surface area contributed by atoms with E-state index >= 15 is 0 Å². The third-order valence-corrected chi connectivity index (χ3v) is 5.30. The molecule has 0 bridgehead atoms. The van der Waals surface area contributed by atoms with Crippen molar-refractivity contribution in [2.24, 2.45) is 10.7 Å². The number of rotatable bonds is 5. The van der Waals surface area contributed by atoms with Crippen LogP contribution in [-0.4, -0.2) is 37.0 Å². The first kappa shape index (κ1) is 19.5. The van der Waals surface area contributed by atoms with Crippen LogP contribution in [0, 0.1) is 0 Å².